The summed E-state index contributed by atoms with van der Waals surface area (Å²) in [7, 11) is 0. The third-order valence-corrected chi connectivity index (χ3v) is 11.9. The largest absolute Gasteiger partial charge is 0.238 e. The van der Waals surface area contributed by atoms with Crippen LogP contribution in [-0.4, -0.2) is 15.0 Å². The molecule has 230 valence electrons. The van der Waals surface area contributed by atoms with Crippen LogP contribution in [0.4, 0.5) is 5.69 Å². The Bertz CT molecular complexity index is 2160. The van der Waals surface area contributed by atoms with Gasteiger partial charge in [-0.3, -0.25) is 0 Å². The number of hydrogen-bond donors (Lipinski definition) is 0. The maximum absolute atomic E-state index is 8.06. The van der Waals surface area contributed by atoms with Gasteiger partial charge in [-0.15, -0.1) is 0 Å². The molecule has 1 heterocycles. The molecule has 11 rings (SSSR count). The van der Waals surface area contributed by atoms with E-state index in [0.717, 1.165) is 34.2 Å². The van der Waals surface area contributed by atoms with Crippen molar-refractivity contribution in [2.24, 2.45) is 23.7 Å². The Kier molecular flexibility index (Phi) is 6.09. The SMILES string of the molecule is [C-]#[N+]c1cccc2c1-c1ccc(-c3ccc(-c4nc(-c5ccccc5)nc(-c5ccccc5)n4)cc3)cc1C21C2CC3CC(C2)CC1C3. The van der Waals surface area contributed by atoms with Crippen molar-refractivity contribution in [3.8, 4) is 56.4 Å². The molecular formula is C44H34N4. The molecule has 0 radical (unpaired) electrons. The highest BCUT2D eigenvalue weighted by molar-refractivity contribution is 5.92. The van der Waals surface area contributed by atoms with Crippen LogP contribution >= 0.6 is 0 Å². The van der Waals surface area contributed by atoms with E-state index in [0.29, 0.717) is 29.3 Å². The van der Waals surface area contributed by atoms with Crippen LogP contribution in [0.25, 0.3) is 61.3 Å². The summed E-state index contributed by atoms with van der Waals surface area (Å²) in [6.45, 7) is 8.06. The number of rotatable bonds is 4. The zero-order valence-electron chi connectivity index (χ0n) is 26.7. The van der Waals surface area contributed by atoms with Crippen LogP contribution in [0.3, 0.4) is 0 Å². The van der Waals surface area contributed by atoms with Crippen molar-refractivity contribution in [3.05, 3.63) is 144 Å². The number of nitrogens with zero attached hydrogens (tertiary/aromatic N) is 4. The van der Waals surface area contributed by atoms with Gasteiger partial charge < -0.3 is 0 Å². The van der Waals surface area contributed by atoms with Gasteiger partial charge in [0.05, 0.1) is 6.57 Å². The lowest BCUT2D eigenvalue weighted by molar-refractivity contribution is -0.0399. The number of aromatic nitrogens is 3. The molecular weight excluding hydrogens is 585 g/mol. The third kappa shape index (κ3) is 4.04. The van der Waals surface area contributed by atoms with Crippen molar-refractivity contribution in [2.75, 3.05) is 0 Å². The van der Waals surface area contributed by atoms with E-state index < -0.39 is 0 Å². The van der Waals surface area contributed by atoms with Gasteiger partial charge in [0.25, 0.3) is 0 Å². The summed E-state index contributed by atoms with van der Waals surface area (Å²) in [4.78, 5) is 18.8. The molecule has 6 aromatic rings. The lowest BCUT2D eigenvalue weighted by Gasteiger charge is -2.61. The highest BCUT2D eigenvalue weighted by Gasteiger charge is 2.61. The van der Waals surface area contributed by atoms with E-state index in [1.54, 1.807) is 0 Å². The average molecular weight is 619 g/mol. The summed E-state index contributed by atoms with van der Waals surface area (Å²) >= 11 is 0. The fourth-order valence-corrected chi connectivity index (χ4v) is 10.2. The molecule has 4 bridgehead atoms. The quantitative estimate of drug-likeness (QED) is 0.185. The molecule has 0 N–H and O–H groups in total. The van der Waals surface area contributed by atoms with Crippen molar-refractivity contribution < 1.29 is 0 Å². The molecule has 5 aromatic carbocycles. The highest BCUT2D eigenvalue weighted by Crippen LogP contribution is 2.70. The fraction of sp³-hybridized carbons (Fsp3) is 0.227. The van der Waals surface area contributed by atoms with E-state index in [1.165, 1.54) is 65.5 Å². The molecule has 4 nitrogen and oxygen atoms in total. The minimum absolute atomic E-state index is 0.0291. The van der Waals surface area contributed by atoms with Crippen LogP contribution in [0.15, 0.2) is 121 Å². The molecule has 0 amide bonds. The van der Waals surface area contributed by atoms with E-state index in [-0.39, 0.29) is 5.41 Å². The summed E-state index contributed by atoms with van der Waals surface area (Å²) in [5.74, 6) is 5.08. The third-order valence-electron chi connectivity index (χ3n) is 11.9. The monoisotopic (exact) mass is 618 g/mol. The van der Waals surface area contributed by atoms with Gasteiger partial charge in [0, 0.05) is 22.1 Å². The fourth-order valence-electron chi connectivity index (χ4n) is 10.2. The molecule has 0 saturated heterocycles. The van der Waals surface area contributed by atoms with E-state index >= 15 is 0 Å². The predicted octanol–water partition coefficient (Wildman–Crippen LogP) is 10.8. The van der Waals surface area contributed by atoms with Gasteiger partial charge in [-0.1, -0.05) is 115 Å². The van der Waals surface area contributed by atoms with Crippen LogP contribution in [0.1, 0.15) is 43.2 Å². The van der Waals surface area contributed by atoms with Crippen molar-refractivity contribution in [1.29, 1.82) is 0 Å². The second-order valence-corrected chi connectivity index (χ2v) is 14.4. The Morgan fingerprint density at radius 3 is 1.58 bits per heavy atom. The van der Waals surface area contributed by atoms with Gasteiger partial charge in [0.2, 0.25) is 0 Å². The van der Waals surface area contributed by atoms with Crippen LogP contribution in [0.2, 0.25) is 0 Å². The van der Waals surface area contributed by atoms with Gasteiger partial charge in [0.15, 0.2) is 23.2 Å². The molecule has 4 saturated carbocycles. The predicted molar refractivity (Wildman–Crippen MR) is 191 cm³/mol. The summed E-state index contributed by atoms with van der Waals surface area (Å²) < 4.78 is 0. The molecule has 0 aliphatic heterocycles. The topological polar surface area (TPSA) is 43.0 Å². The molecule has 5 aliphatic rings. The number of fused-ring (bicyclic) bond motifs is 3. The molecule has 0 unspecified atom stereocenters. The van der Waals surface area contributed by atoms with Gasteiger partial charge in [-0.05, 0) is 95.2 Å². The van der Waals surface area contributed by atoms with Crippen LogP contribution in [0, 0.1) is 30.2 Å². The molecule has 4 fully saturated rings. The van der Waals surface area contributed by atoms with E-state index in [2.05, 4.69) is 59.4 Å². The Balaban J connectivity index is 1.07. The molecule has 4 heteroatoms. The second-order valence-electron chi connectivity index (χ2n) is 14.4. The lowest BCUT2D eigenvalue weighted by Crippen LogP contribution is -2.55. The van der Waals surface area contributed by atoms with E-state index in [4.69, 9.17) is 21.5 Å². The average Bonchev–Trinajstić information content (AvgIpc) is 3.44. The van der Waals surface area contributed by atoms with Crippen LogP contribution in [0.5, 0.6) is 0 Å². The summed E-state index contributed by atoms with van der Waals surface area (Å²) in [6.07, 6.45) is 6.74. The zero-order chi connectivity index (χ0) is 31.8. The maximum atomic E-state index is 8.06. The minimum Gasteiger partial charge on any atom is -0.238 e. The highest BCUT2D eigenvalue weighted by atomic mass is 15.0. The van der Waals surface area contributed by atoms with Gasteiger partial charge in [-0.2, -0.15) is 0 Å². The second kappa shape index (κ2) is 10.6. The van der Waals surface area contributed by atoms with E-state index in [9.17, 15) is 0 Å². The Hall–Kier alpha value is -5.40. The minimum atomic E-state index is 0.0291. The first-order chi connectivity index (χ1) is 23.7. The number of hydrogen-bond acceptors (Lipinski definition) is 3. The summed E-state index contributed by atoms with van der Waals surface area (Å²) in [6, 6.07) is 42.5. The van der Waals surface area contributed by atoms with Crippen LogP contribution < -0.4 is 0 Å². The van der Waals surface area contributed by atoms with Gasteiger partial charge in [-0.25, -0.2) is 19.8 Å². The van der Waals surface area contributed by atoms with Crippen molar-refractivity contribution in [1.82, 2.24) is 15.0 Å². The maximum Gasteiger partial charge on any atom is 0.195 e. The van der Waals surface area contributed by atoms with Crippen LogP contribution in [-0.2, 0) is 5.41 Å². The van der Waals surface area contributed by atoms with E-state index in [1.807, 2.05) is 66.7 Å². The summed E-state index contributed by atoms with van der Waals surface area (Å²) in [5.41, 5.74) is 11.5. The normalized spacial score (nSPS) is 24.3. The first-order valence-electron chi connectivity index (χ1n) is 17.3. The Labute approximate surface area is 281 Å². The van der Waals surface area contributed by atoms with Crippen molar-refractivity contribution in [3.63, 3.8) is 0 Å². The Morgan fingerprint density at radius 2 is 1.02 bits per heavy atom. The molecule has 1 aromatic heterocycles. The van der Waals surface area contributed by atoms with Gasteiger partial charge >= 0.3 is 0 Å². The molecule has 5 aliphatic carbocycles. The summed E-state index contributed by atoms with van der Waals surface area (Å²) in [5, 5.41) is 0. The Morgan fingerprint density at radius 1 is 0.500 bits per heavy atom. The standard InChI is InChI=1S/C44H34N4/c1-45-39-14-8-13-37-40(39)36-20-19-33(26-38(36)44(37)34-22-27-21-28(24-34)25-35(44)23-27)29-15-17-32(18-16-29)43-47-41(30-9-4-2-5-10-30)46-42(48-43)31-11-6-3-7-12-31/h2-20,26-28,34-35H,21-25H2. The van der Waals surface area contributed by atoms with Gasteiger partial charge in [0.1, 0.15) is 0 Å². The van der Waals surface area contributed by atoms with Crippen molar-refractivity contribution >= 4 is 5.69 Å². The zero-order valence-corrected chi connectivity index (χ0v) is 26.7. The first kappa shape index (κ1) is 27.7. The number of benzene rings is 5. The molecule has 48 heavy (non-hydrogen) atoms. The smallest absolute Gasteiger partial charge is 0.195 e. The molecule has 1 spiro atoms. The van der Waals surface area contributed by atoms with Crippen molar-refractivity contribution in [2.45, 2.75) is 37.5 Å². The molecule has 0 atom stereocenters. The first-order valence-corrected chi connectivity index (χ1v) is 17.3. The lowest BCUT2D eigenvalue weighted by atomic mass is 9.43.